The van der Waals surface area contributed by atoms with E-state index in [-0.39, 0.29) is 18.2 Å². The molecule has 4 N–H and O–H groups in total. The molecule has 1 heterocycles. The van der Waals surface area contributed by atoms with Gasteiger partial charge in [0, 0.05) is 23.4 Å². The number of fused-ring (bicyclic) bond motifs is 1. The molecule has 12 heteroatoms. The zero-order chi connectivity index (χ0) is 31.2. The van der Waals surface area contributed by atoms with Crippen LogP contribution in [0.2, 0.25) is 0 Å². The van der Waals surface area contributed by atoms with E-state index in [0.29, 0.717) is 55.9 Å². The van der Waals surface area contributed by atoms with E-state index in [1.165, 1.54) is 6.07 Å². The van der Waals surface area contributed by atoms with Gasteiger partial charge in [-0.2, -0.15) is 0 Å². The molecule has 0 aliphatic carbocycles. The Morgan fingerprint density at radius 3 is 2.45 bits per heavy atom. The highest BCUT2D eigenvalue weighted by Crippen LogP contribution is 2.29. The molecule has 0 unspecified atom stereocenters. The highest BCUT2D eigenvalue weighted by molar-refractivity contribution is 9.10. The van der Waals surface area contributed by atoms with Crippen LogP contribution < -0.4 is 20.7 Å². The smallest absolute Gasteiger partial charge is 0.322 e. The van der Waals surface area contributed by atoms with Crippen LogP contribution in [0.1, 0.15) is 21.5 Å². The van der Waals surface area contributed by atoms with Crippen LogP contribution in [-0.2, 0) is 22.6 Å². The molecular formula is C32H26BrFN4O6. The fraction of sp³-hybridized carbons (Fsp3) is 0.125. The molecule has 224 valence electrons. The molecule has 0 spiro atoms. The Labute approximate surface area is 259 Å². The van der Waals surface area contributed by atoms with Crippen molar-refractivity contribution in [2.24, 2.45) is 0 Å². The van der Waals surface area contributed by atoms with Gasteiger partial charge in [0.15, 0.2) is 5.58 Å². The Bertz CT molecular complexity index is 1860. The van der Waals surface area contributed by atoms with Gasteiger partial charge in [0.05, 0.1) is 23.7 Å². The number of carbonyl (C=O) groups is 3. The van der Waals surface area contributed by atoms with Crippen molar-refractivity contribution in [2.45, 2.75) is 13.0 Å². The van der Waals surface area contributed by atoms with Crippen LogP contribution in [0.25, 0.3) is 22.6 Å². The number of aliphatic carboxylic acids is 1. The molecule has 10 nitrogen and oxygen atoms in total. The predicted molar refractivity (Wildman–Crippen MR) is 166 cm³/mol. The second-order valence-electron chi connectivity index (χ2n) is 9.72. The number of nitrogens with one attached hydrogen (secondary N) is 3. The predicted octanol–water partition coefficient (Wildman–Crippen LogP) is 6.01. The van der Waals surface area contributed by atoms with Crippen LogP contribution in [0.5, 0.6) is 5.75 Å². The van der Waals surface area contributed by atoms with E-state index in [0.717, 1.165) is 5.56 Å². The Hall–Kier alpha value is -5.23. The first-order valence-corrected chi connectivity index (χ1v) is 14.1. The summed E-state index contributed by atoms with van der Waals surface area (Å²) in [4.78, 5) is 39.6. The topological polar surface area (TPSA) is 143 Å². The van der Waals surface area contributed by atoms with E-state index in [1.54, 1.807) is 67.8 Å². The highest BCUT2D eigenvalue weighted by atomic mass is 79.9. The quantitative estimate of drug-likeness (QED) is 0.135. The summed E-state index contributed by atoms with van der Waals surface area (Å²) >= 11 is 3.38. The second-order valence-corrected chi connectivity index (χ2v) is 10.6. The summed E-state index contributed by atoms with van der Waals surface area (Å²) in [5, 5.41) is 16.9. The maximum atomic E-state index is 15.0. The van der Waals surface area contributed by atoms with E-state index in [9.17, 15) is 18.8 Å². The number of anilines is 2. The first-order chi connectivity index (χ1) is 21.2. The molecule has 4 aromatic carbocycles. The Morgan fingerprint density at radius 2 is 1.75 bits per heavy atom. The molecule has 5 rings (SSSR count). The van der Waals surface area contributed by atoms with Gasteiger partial charge in [0.2, 0.25) is 11.8 Å². The van der Waals surface area contributed by atoms with E-state index in [2.05, 4.69) is 36.9 Å². The molecule has 0 radical (unpaired) electrons. The number of nitrogens with zero attached hydrogens (tertiary/aromatic N) is 1. The lowest BCUT2D eigenvalue weighted by Gasteiger charge is -2.10. The van der Waals surface area contributed by atoms with Crippen molar-refractivity contribution in [2.75, 3.05) is 24.3 Å². The number of carbonyl (C=O) groups excluding carboxylic acids is 2. The number of amides is 2. The van der Waals surface area contributed by atoms with E-state index in [1.807, 2.05) is 12.1 Å². The molecule has 44 heavy (non-hydrogen) atoms. The zero-order valence-electron chi connectivity index (χ0n) is 23.3. The van der Waals surface area contributed by atoms with Crippen molar-refractivity contribution in [3.8, 4) is 17.2 Å². The first kappa shape index (κ1) is 30.2. The van der Waals surface area contributed by atoms with Gasteiger partial charge >= 0.3 is 5.97 Å². The third kappa shape index (κ3) is 7.39. The fourth-order valence-electron chi connectivity index (χ4n) is 4.33. The standard InChI is InChI=1S/C32H26BrFN4O6/c1-43-27-11-6-20(14-23(27)33)31(42)37-22-7-2-18(3-8-22)16-35-25-9-5-21(15-24(25)34)32-38-26-12-19(4-10-28(26)44-32)13-29(39)36-17-30(40)41/h2-12,14-15,35H,13,16-17H2,1H3,(H,36,39)(H,37,42)(H,40,41). The molecular weight excluding hydrogens is 635 g/mol. The summed E-state index contributed by atoms with van der Waals surface area (Å²) in [7, 11) is 1.55. The maximum absolute atomic E-state index is 15.0. The molecule has 2 amide bonds. The van der Waals surface area contributed by atoms with Crippen LogP contribution in [0.15, 0.2) is 87.8 Å². The van der Waals surface area contributed by atoms with Crippen LogP contribution in [-0.4, -0.2) is 41.5 Å². The molecule has 1 aromatic heterocycles. The normalized spacial score (nSPS) is 10.8. The van der Waals surface area contributed by atoms with Crippen LogP contribution >= 0.6 is 15.9 Å². The van der Waals surface area contributed by atoms with Gasteiger partial charge in [-0.15, -0.1) is 0 Å². The van der Waals surface area contributed by atoms with Gasteiger partial charge in [-0.05, 0) is 87.7 Å². The Balaban J connectivity index is 1.18. The summed E-state index contributed by atoms with van der Waals surface area (Å²) < 4.78 is 26.7. The average Bonchev–Trinajstić information content (AvgIpc) is 3.43. The number of halogens is 2. The second kappa shape index (κ2) is 13.4. The van der Waals surface area contributed by atoms with Crippen LogP contribution in [0.4, 0.5) is 15.8 Å². The summed E-state index contributed by atoms with van der Waals surface area (Å²) in [6.07, 6.45) is -0.0143. The van der Waals surface area contributed by atoms with Gasteiger partial charge in [0.25, 0.3) is 5.91 Å². The molecule has 0 atom stereocenters. The van der Waals surface area contributed by atoms with Crippen molar-refractivity contribution in [3.63, 3.8) is 0 Å². The van der Waals surface area contributed by atoms with Crippen molar-refractivity contribution in [1.82, 2.24) is 10.3 Å². The number of ether oxygens (including phenoxy) is 1. The lowest BCUT2D eigenvalue weighted by molar-refractivity contribution is -0.137. The number of hydrogen-bond donors (Lipinski definition) is 4. The summed E-state index contributed by atoms with van der Waals surface area (Å²) in [5.41, 5.74) is 4.29. The molecule has 0 saturated heterocycles. The number of hydrogen-bond acceptors (Lipinski definition) is 7. The number of oxazole rings is 1. The van der Waals surface area contributed by atoms with Crippen LogP contribution in [0.3, 0.4) is 0 Å². The third-order valence-electron chi connectivity index (χ3n) is 6.58. The van der Waals surface area contributed by atoms with Crippen LogP contribution in [0, 0.1) is 5.82 Å². The van der Waals surface area contributed by atoms with Gasteiger partial charge in [-0.3, -0.25) is 14.4 Å². The maximum Gasteiger partial charge on any atom is 0.322 e. The van der Waals surface area contributed by atoms with Crippen molar-refractivity contribution in [1.29, 1.82) is 0 Å². The molecule has 0 bridgehead atoms. The fourth-order valence-corrected chi connectivity index (χ4v) is 4.87. The summed E-state index contributed by atoms with van der Waals surface area (Å²) in [6, 6.07) is 21.9. The van der Waals surface area contributed by atoms with Crippen molar-refractivity contribution < 1.29 is 33.0 Å². The highest BCUT2D eigenvalue weighted by Gasteiger charge is 2.14. The minimum atomic E-state index is -1.13. The van der Waals surface area contributed by atoms with Gasteiger partial charge in [-0.1, -0.05) is 18.2 Å². The SMILES string of the molecule is COc1ccc(C(=O)Nc2ccc(CNc3ccc(-c4nc5cc(CC(=O)NCC(=O)O)ccc5o4)cc3F)cc2)cc1Br. The van der Waals surface area contributed by atoms with Crippen molar-refractivity contribution in [3.05, 3.63) is 106 Å². The minimum Gasteiger partial charge on any atom is -0.496 e. The largest absolute Gasteiger partial charge is 0.496 e. The number of methoxy groups -OCH3 is 1. The summed E-state index contributed by atoms with van der Waals surface area (Å²) in [5.74, 6) is -1.46. The lowest BCUT2D eigenvalue weighted by Crippen LogP contribution is -2.30. The van der Waals surface area contributed by atoms with E-state index >= 15 is 0 Å². The number of aromatic nitrogens is 1. The van der Waals surface area contributed by atoms with Gasteiger partial charge < -0.3 is 30.2 Å². The monoisotopic (exact) mass is 660 g/mol. The van der Waals surface area contributed by atoms with Gasteiger partial charge in [0.1, 0.15) is 23.6 Å². The van der Waals surface area contributed by atoms with Crippen molar-refractivity contribution >= 4 is 56.2 Å². The molecule has 5 aromatic rings. The number of carboxylic acids is 1. The molecule has 0 saturated carbocycles. The average molecular weight is 661 g/mol. The summed E-state index contributed by atoms with van der Waals surface area (Å²) in [6.45, 7) is -0.107. The Kier molecular flexibility index (Phi) is 9.20. The Morgan fingerprint density at radius 1 is 0.977 bits per heavy atom. The number of carboxylic acid groups (broad SMARTS) is 1. The molecule has 0 aliphatic heterocycles. The molecule has 0 aliphatic rings. The minimum absolute atomic E-state index is 0.0143. The molecule has 0 fully saturated rings. The number of benzene rings is 4. The first-order valence-electron chi connectivity index (χ1n) is 13.3. The number of rotatable bonds is 11. The lowest BCUT2D eigenvalue weighted by atomic mass is 10.1. The van der Waals surface area contributed by atoms with Gasteiger partial charge in [-0.25, -0.2) is 9.37 Å². The van der Waals surface area contributed by atoms with E-state index in [4.69, 9.17) is 14.3 Å². The van der Waals surface area contributed by atoms with E-state index < -0.39 is 24.2 Å². The zero-order valence-corrected chi connectivity index (χ0v) is 24.9. The third-order valence-corrected chi connectivity index (χ3v) is 7.20.